The topological polar surface area (TPSA) is 51.2 Å². The van der Waals surface area contributed by atoms with Gasteiger partial charge in [-0.15, -0.1) is 0 Å². The summed E-state index contributed by atoms with van der Waals surface area (Å²) in [5.74, 6) is -0.0573. The molecule has 1 fully saturated rings. The van der Waals surface area contributed by atoms with Gasteiger partial charge in [0.25, 0.3) is 5.91 Å². The van der Waals surface area contributed by atoms with E-state index in [2.05, 4.69) is 10.3 Å². The first kappa shape index (κ1) is 13.8. The van der Waals surface area contributed by atoms with Crippen LogP contribution >= 0.6 is 0 Å². The molecule has 0 bridgehead atoms. The first-order chi connectivity index (χ1) is 10.3. The summed E-state index contributed by atoms with van der Waals surface area (Å²) in [7, 11) is 0. The number of nitrogens with one attached hydrogen (secondary N) is 1. The maximum Gasteiger partial charge on any atom is 0.251 e. The SMILES string of the molecule is O=C(NCC1CCCO1)c1ccc(-c2ccccn2)cc1. The molecule has 1 saturated heterocycles. The molecular weight excluding hydrogens is 264 g/mol. The maximum atomic E-state index is 12.1. The minimum absolute atomic E-state index is 0.0573. The normalized spacial score (nSPS) is 17.6. The fourth-order valence-corrected chi connectivity index (χ4v) is 2.44. The van der Waals surface area contributed by atoms with E-state index in [1.54, 1.807) is 6.20 Å². The number of carbonyl (C=O) groups is 1. The summed E-state index contributed by atoms with van der Waals surface area (Å²) < 4.78 is 5.49. The Morgan fingerprint density at radius 3 is 2.76 bits per heavy atom. The second-order valence-corrected chi connectivity index (χ2v) is 5.14. The van der Waals surface area contributed by atoms with Crippen LogP contribution in [-0.4, -0.2) is 30.1 Å². The molecule has 1 amide bonds. The zero-order valence-electron chi connectivity index (χ0n) is 11.8. The highest BCUT2D eigenvalue weighted by Crippen LogP contribution is 2.17. The van der Waals surface area contributed by atoms with Gasteiger partial charge in [-0.25, -0.2) is 0 Å². The molecule has 0 spiro atoms. The summed E-state index contributed by atoms with van der Waals surface area (Å²) in [6.45, 7) is 1.39. The highest BCUT2D eigenvalue weighted by atomic mass is 16.5. The van der Waals surface area contributed by atoms with Gasteiger partial charge in [0.1, 0.15) is 0 Å². The largest absolute Gasteiger partial charge is 0.376 e. The van der Waals surface area contributed by atoms with E-state index in [-0.39, 0.29) is 12.0 Å². The van der Waals surface area contributed by atoms with E-state index < -0.39 is 0 Å². The lowest BCUT2D eigenvalue weighted by atomic mass is 10.1. The molecule has 1 aliphatic heterocycles. The number of aromatic nitrogens is 1. The van der Waals surface area contributed by atoms with Crippen molar-refractivity contribution in [2.75, 3.05) is 13.2 Å². The van der Waals surface area contributed by atoms with Crippen LogP contribution in [0.5, 0.6) is 0 Å². The number of carbonyl (C=O) groups excluding carboxylic acids is 1. The van der Waals surface area contributed by atoms with Gasteiger partial charge in [-0.2, -0.15) is 0 Å². The lowest BCUT2D eigenvalue weighted by Crippen LogP contribution is -2.31. The van der Waals surface area contributed by atoms with Crippen LogP contribution in [0.1, 0.15) is 23.2 Å². The monoisotopic (exact) mass is 282 g/mol. The fourth-order valence-electron chi connectivity index (χ4n) is 2.44. The molecule has 1 aliphatic rings. The van der Waals surface area contributed by atoms with E-state index in [9.17, 15) is 4.79 Å². The molecule has 108 valence electrons. The third-order valence-electron chi connectivity index (χ3n) is 3.62. The molecule has 0 saturated carbocycles. The number of hydrogen-bond donors (Lipinski definition) is 1. The predicted octanol–water partition coefficient (Wildman–Crippen LogP) is 2.66. The Bertz CT molecular complexity index is 590. The molecule has 21 heavy (non-hydrogen) atoms. The van der Waals surface area contributed by atoms with Crippen LogP contribution in [0.25, 0.3) is 11.3 Å². The Morgan fingerprint density at radius 2 is 2.10 bits per heavy atom. The standard InChI is InChI=1S/C17H18N2O2/c20-17(19-12-15-4-3-11-21-15)14-8-6-13(7-9-14)16-5-1-2-10-18-16/h1-2,5-10,15H,3-4,11-12H2,(H,19,20). The third kappa shape index (κ3) is 3.47. The van der Waals surface area contributed by atoms with Gasteiger partial charge in [-0.1, -0.05) is 18.2 Å². The van der Waals surface area contributed by atoms with Gasteiger partial charge in [-0.3, -0.25) is 9.78 Å². The number of ether oxygens (including phenoxy) is 1. The summed E-state index contributed by atoms with van der Waals surface area (Å²) in [5.41, 5.74) is 2.57. The first-order valence-electron chi connectivity index (χ1n) is 7.24. The van der Waals surface area contributed by atoms with Gasteiger partial charge in [0.05, 0.1) is 11.8 Å². The number of amides is 1. The van der Waals surface area contributed by atoms with E-state index in [0.29, 0.717) is 12.1 Å². The summed E-state index contributed by atoms with van der Waals surface area (Å²) in [6, 6.07) is 13.3. The lowest BCUT2D eigenvalue weighted by molar-refractivity contribution is 0.0858. The number of benzene rings is 1. The van der Waals surface area contributed by atoms with E-state index in [0.717, 1.165) is 30.7 Å². The summed E-state index contributed by atoms with van der Waals surface area (Å²) in [5, 5.41) is 2.92. The van der Waals surface area contributed by atoms with Crippen molar-refractivity contribution in [1.82, 2.24) is 10.3 Å². The molecule has 1 unspecified atom stereocenters. The van der Waals surface area contributed by atoms with Crippen LogP contribution < -0.4 is 5.32 Å². The second kappa shape index (κ2) is 6.50. The van der Waals surface area contributed by atoms with Crippen molar-refractivity contribution in [3.05, 3.63) is 54.2 Å². The number of rotatable bonds is 4. The number of pyridine rings is 1. The van der Waals surface area contributed by atoms with Crippen LogP contribution in [-0.2, 0) is 4.74 Å². The average Bonchev–Trinajstić information content (AvgIpc) is 3.07. The number of nitrogens with zero attached hydrogens (tertiary/aromatic N) is 1. The average molecular weight is 282 g/mol. The van der Waals surface area contributed by atoms with Crippen LogP contribution in [0.4, 0.5) is 0 Å². The predicted molar refractivity (Wildman–Crippen MR) is 81.0 cm³/mol. The highest BCUT2D eigenvalue weighted by molar-refractivity contribution is 5.94. The van der Waals surface area contributed by atoms with Gasteiger partial charge in [0, 0.05) is 30.5 Å². The molecule has 3 rings (SSSR count). The molecule has 4 nitrogen and oxygen atoms in total. The van der Waals surface area contributed by atoms with Crippen molar-refractivity contribution < 1.29 is 9.53 Å². The van der Waals surface area contributed by atoms with Crippen LogP contribution in [0.2, 0.25) is 0 Å². The molecular formula is C17H18N2O2. The maximum absolute atomic E-state index is 12.1. The van der Waals surface area contributed by atoms with E-state index in [1.165, 1.54) is 0 Å². The Balaban J connectivity index is 1.62. The Hall–Kier alpha value is -2.20. The quantitative estimate of drug-likeness (QED) is 0.938. The van der Waals surface area contributed by atoms with Crippen LogP contribution in [0.15, 0.2) is 48.7 Å². The fraction of sp³-hybridized carbons (Fsp3) is 0.294. The van der Waals surface area contributed by atoms with E-state index in [4.69, 9.17) is 4.74 Å². The second-order valence-electron chi connectivity index (χ2n) is 5.14. The molecule has 0 aliphatic carbocycles. The Morgan fingerprint density at radius 1 is 1.24 bits per heavy atom. The van der Waals surface area contributed by atoms with E-state index >= 15 is 0 Å². The van der Waals surface area contributed by atoms with Crippen molar-refractivity contribution in [3.63, 3.8) is 0 Å². The Labute approximate surface area is 124 Å². The minimum Gasteiger partial charge on any atom is -0.376 e. The van der Waals surface area contributed by atoms with Crippen molar-refractivity contribution >= 4 is 5.91 Å². The summed E-state index contributed by atoms with van der Waals surface area (Å²) in [4.78, 5) is 16.4. The molecule has 1 aromatic carbocycles. The van der Waals surface area contributed by atoms with Gasteiger partial charge < -0.3 is 10.1 Å². The third-order valence-corrected chi connectivity index (χ3v) is 3.62. The molecule has 2 heterocycles. The smallest absolute Gasteiger partial charge is 0.251 e. The van der Waals surface area contributed by atoms with Crippen LogP contribution in [0, 0.1) is 0 Å². The first-order valence-corrected chi connectivity index (χ1v) is 7.24. The molecule has 2 aromatic rings. The van der Waals surface area contributed by atoms with E-state index in [1.807, 2.05) is 42.5 Å². The van der Waals surface area contributed by atoms with Crippen molar-refractivity contribution in [2.24, 2.45) is 0 Å². The van der Waals surface area contributed by atoms with Gasteiger partial charge >= 0.3 is 0 Å². The van der Waals surface area contributed by atoms with Gasteiger partial charge in [0.2, 0.25) is 0 Å². The van der Waals surface area contributed by atoms with Crippen molar-refractivity contribution in [3.8, 4) is 11.3 Å². The van der Waals surface area contributed by atoms with Crippen LogP contribution in [0.3, 0.4) is 0 Å². The Kier molecular flexibility index (Phi) is 4.26. The van der Waals surface area contributed by atoms with Gasteiger partial charge in [-0.05, 0) is 37.1 Å². The zero-order valence-corrected chi connectivity index (χ0v) is 11.8. The summed E-state index contributed by atoms with van der Waals surface area (Å²) >= 11 is 0. The minimum atomic E-state index is -0.0573. The number of hydrogen-bond acceptors (Lipinski definition) is 3. The molecule has 1 aromatic heterocycles. The zero-order chi connectivity index (χ0) is 14.5. The molecule has 0 radical (unpaired) electrons. The molecule has 1 N–H and O–H groups in total. The van der Waals surface area contributed by atoms with Crippen molar-refractivity contribution in [2.45, 2.75) is 18.9 Å². The summed E-state index contributed by atoms with van der Waals surface area (Å²) in [6.07, 6.45) is 4.04. The van der Waals surface area contributed by atoms with Gasteiger partial charge in [0.15, 0.2) is 0 Å². The molecule has 4 heteroatoms. The highest BCUT2D eigenvalue weighted by Gasteiger charge is 2.16. The molecule has 1 atom stereocenters. The van der Waals surface area contributed by atoms with Crippen molar-refractivity contribution in [1.29, 1.82) is 0 Å². The lowest BCUT2D eigenvalue weighted by Gasteiger charge is -2.11.